The van der Waals surface area contributed by atoms with E-state index in [4.69, 9.17) is 0 Å². The van der Waals surface area contributed by atoms with Gasteiger partial charge in [-0.2, -0.15) is 13.2 Å². The minimum Gasteiger partial charge on any atom is -0.326 e. The molecule has 2 aliphatic rings. The van der Waals surface area contributed by atoms with Crippen LogP contribution in [0.1, 0.15) is 17.2 Å². The number of urea groups is 1. The lowest BCUT2D eigenvalue weighted by molar-refractivity contribution is -0.138. The molecular formula is C24H20F4N4O3. The van der Waals surface area contributed by atoms with E-state index in [-0.39, 0.29) is 29.9 Å². The lowest BCUT2D eigenvalue weighted by Gasteiger charge is -2.33. The minimum absolute atomic E-state index is 0.0151. The second kappa shape index (κ2) is 9.24. The lowest BCUT2D eigenvalue weighted by Crippen LogP contribution is -2.47. The van der Waals surface area contributed by atoms with Gasteiger partial charge in [0, 0.05) is 12.2 Å². The Balaban J connectivity index is 1.65. The van der Waals surface area contributed by atoms with Crippen LogP contribution in [0, 0.1) is 5.82 Å². The number of benzene rings is 2. The maximum atomic E-state index is 13.7. The van der Waals surface area contributed by atoms with Gasteiger partial charge in [0.05, 0.1) is 29.4 Å². The molecule has 0 fully saturated rings. The second-order valence-corrected chi connectivity index (χ2v) is 7.94. The molecule has 35 heavy (non-hydrogen) atoms. The molecule has 4 rings (SSSR count). The van der Waals surface area contributed by atoms with E-state index in [0.29, 0.717) is 5.69 Å². The van der Waals surface area contributed by atoms with Crippen LogP contribution >= 0.6 is 0 Å². The van der Waals surface area contributed by atoms with Crippen LogP contribution in [-0.4, -0.2) is 47.3 Å². The molecule has 4 amide bonds. The van der Waals surface area contributed by atoms with Gasteiger partial charge in [-0.05, 0) is 35.9 Å². The van der Waals surface area contributed by atoms with E-state index in [0.717, 1.165) is 23.1 Å². The van der Waals surface area contributed by atoms with Gasteiger partial charge in [0.25, 0.3) is 5.91 Å². The highest BCUT2D eigenvalue weighted by Gasteiger charge is 2.46. The fourth-order valence-electron chi connectivity index (χ4n) is 4.15. The van der Waals surface area contributed by atoms with E-state index < -0.39 is 48.0 Å². The largest absolute Gasteiger partial charge is 0.416 e. The van der Waals surface area contributed by atoms with Crippen molar-refractivity contribution in [2.45, 2.75) is 12.2 Å². The smallest absolute Gasteiger partial charge is 0.326 e. The molecule has 7 nitrogen and oxygen atoms in total. The molecular weight excluding hydrogens is 468 g/mol. The fraction of sp³-hybridized carbons (Fsp3) is 0.208. The van der Waals surface area contributed by atoms with Gasteiger partial charge in [-0.25, -0.2) is 9.18 Å². The first-order valence-electron chi connectivity index (χ1n) is 10.5. The topological polar surface area (TPSA) is 81.8 Å². The first-order valence-corrected chi connectivity index (χ1v) is 10.5. The number of alkyl halides is 3. The molecule has 1 unspecified atom stereocenters. The highest BCUT2D eigenvalue weighted by Crippen LogP contribution is 2.41. The maximum absolute atomic E-state index is 13.7. The van der Waals surface area contributed by atoms with E-state index in [1.165, 1.54) is 41.3 Å². The third-order valence-corrected chi connectivity index (χ3v) is 5.65. The summed E-state index contributed by atoms with van der Waals surface area (Å²) in [7, 11) is 0. The van der Waals surface area contributed by atoms with Gasteiger partial charge in [0.15, 0.2) is 0 Å². The van der Waals surface area contributed by atoms with E-state index in [9.17, 15) is 31.9 Å². The van der Waals surface area contributed by atoms with Crippen molar-refractivity contribution in [3.8, 4) is 0 Å². The molecule has 2 aromatic rings. The van der Waals surface area contributed by atoms with E-state index in [2.05, 4.69) is 17.2 Å². The zero-order chi connectivity index (χ0) is 25.3. The predicted octanol–water partition coefficient (Wildman–Crippen LogP) is 3.83. The van der Waals surface area contributed by atoms with Crippen LogP contribution in [0.5, 0.6) is 0 Å². The Bertz CT molecular complexity index is 1220. The molecule has 0 aromatic heterocycles. The number of carbonyl (C=O) groups is 3. The highest BCUT2D eigenvalue weighted by atomic mass is 19.4. The summed E-state index contributed by atoms with van der Waals surface area (Å²) in [5, 5.41) is 5.03. The second-order valence-electron chi connectivity index (χ2n) is 7.94. The standard InChI is InChI=1S/C24H20F4N4O3/c1-2-11-32-18-12-31(13-19(33)29-15-9-7-14(25)8-10-15)22(34)20(18)21(30-23(32)35)16-5-3-4-6-17(16)24(26,27)28/h2-10,21H,1,11-13H2,(H,29,33)(H,30,35). The van der Waals surface area contributed by atoms with Crippen LogP contribution < -0.4 is 10.6 Å². The Kier molecular flexibility index (Phi) is 6.33. The van der Waals surface area contributed by atoms with Crippen LogP contribution in [0.3, 0.4) is 0 Å². The van der Waals surface area contributed by atoms with Crippen LogP contribution in [0.15, 0.2) is 72.5 Å². The van der Waals surface area contributed by atoms with Crippen molar-refractivity contribution in [2.24, 2.45) is 0 Å². The molecule has 0 bridgehead atoms. The first kappa shape index (κ1) is 24.0. The number of rotatable bonds is 6. The summed E-state index contributed by atoms with van der Waals surface area (Å²) in [6, 6.07) is 7.67. The van der Waals surface area contributed by atoms with Crippen molar-refractivity contribution in [1.82, 2.24) is 15.1 Å². The van der Waals surface area contributed by atoms with Gasteiger partial charge >= 0.3 is 12.2 Å². The summed E-state index contributed by atoms with van der Waals surface area (Å²) in [6.45, 7) is 3.02. The molecule has 0 spiro atoms. The van der Waals surface area contributed by atoms with Gasteiger partial charge in [-0.3, -0.25) is 14.5 Å². The Hall–Kier alpha value is -4.15. The number of anilines is 1. The summed E-state index contributed by atoms with van der Waals surface area (Å²) < 4.78 is 54.2. The Labute approximate surface area is 197 Å². The number of nitrogens with zero attached hydrogens (tertiary/aromatic N) is 2. The van der Waals surface area contributed by atoms with Crippen LogP contribution in [0.25, 0.3) is 0 Å². The fourth-order valence-corrected chi connectivity index (χ4v) is 4.15. The van der Waals surface area contributed by atoms with Gasteiger partial charge in [-0.15, -0.1) is 6.58 Å². The minimum atomic E-state index is -4.71. The molecule has 182 valence electrons. The van der Waals surface area contributed by atoms with Crippen LogP contribution in [-0.2, 0) is 15.8 Å². The lowest BCUT2D eigenvalue weighted by atomic mass is 9.91. The summed E-state index contributed by atoms with van der Waals surface area (Å²) in [4.78, 5) is 41.0. The number of carbonyl (C=O) groups excluding carboxylic acids is 3. The summed E-state index contributed by atoms with van der Waals surface area (Å²) in [6.07, 6.45) is -3.29. The number of hydrogen-bond donors (Lipinski definition) is 2. The van der Waals surface area contributed by atoms with Gasteiger partial charge < -0.3 is 15.5 Å². The van der Waals surface area contributed by atoms with Crippen molar-refractivity contribution in [2.75, 3.05) is 25.0 Å². The third kappa shape index (κ3) is 4.75. The molecule has 0 saturated carbocycles. The highest BCUT2D eigenvalue weighted by molar-refractivity contribution is 6.04. The first-order chi connectivity index (χ1) is 16.6. The summed E-state index contributed by atoms with van der Waals surface area (Å²) in [5.41, 5.74) is -0.782. The van der Waals surface area contributed by atoms with E-state index in [1.807, 2.05) is 0 Å². The maximum Gasteiger partial charge on any atom is 0.416 e. The Morgan fingerprint density at radius 2 is 1.83 bits per heavy atom. The van der Waals surface area contributed by atoms with Crippen molar-refractivity contribution >= 4 is 23.5 Å². The van der Waals surface area contributed by atoms with E-state index in [1.54, 1.807) is 0 Å². The Morgan fingerprint density at radius 3 is 2.49 bits per heavy atom. The Morgan fingerprint density at radius 1 is 1.14 bits per heavy atom. The molecule has 2 aromatic carbocycles. The zero-order valence-electron chi connectivity index (χ0n) is 18.2. The quantitative estimate of drug-likeness (QED) is 0.479. The number of hydrogen-bond acceptors (Lipinski definition) is 3. The van der Waals surface area contributed by atoms with Crippen LogP contribution in [0.2, 0.25) is 0 Å². The molecule has 0 saturated heterocycles. The van der Waals surface area contributed by atoms with Crippen LogP contribution in [0.4, 0.5) is 28.0 Å². The molecule has 0 aliphatic carbocycles. The number of amides is 4. The van der Waals surface area contributed by atoms with Gasteiger partial charge in [0.2, 0.25) is 5.91 Å². The van der Waals surface area contributed by atoms with Gasteiger partial charge in [0.1, 0.15) is 12.4 Å². The average molecular weight is 488 g/mol. The van der Waals surface area contributed by atoms with Crippen molar-refractivity contribution < 1.29 is 31.9 Å². The van der Waals surface area contributed by atoms with Crippen molar-refractivity contribution in [1.29, 1.82) is 0 Å². The monoisotopic (exact) mass is 488 g/mol. The normalized spacial score (nSPS) is 17.9. The zero-order valence-corrected chi connectivity index (χ0v) is 18.2. The molecule has 2 aliphatic heterocycles. The van der Waals surface area contributed by atoms with E-state index >= 15 is 0 Å². The van der Waals surface area contributed by atoms with Gasteiger partial charge in [-0.1, -0.05) is 24.3 Å². The molecule has 2 heterocycles. The summed E-state index contributed by atoms with van der Waals surface area (Å²) in [5.74, 6) is -1.75. The predicted molar refractivity (Wildman–Crippen MR) is 118 cm³/mol. The number of halogens is 4. The third-order valence-electron chi connectivity index (χ3n) is 5.65. The molecule has 2 N–H and O–H groups in total. The van der Waals surface area contributed by atoms with Crippen molar-refractivity contribution in [3.05, 3.63) is 89.4 Å². The SMILES string of the molecule is C=CCN1C(=O)NC(c2ccccc2C(F)(F)F)C2=C1CN(CC(=O)Nc1ccc(F)cc1)C2=O. The number of nitrogens with one attached hydrogen (secondary N) is 2. The molecule has 1 atom stereocenters. The molecule has 0 radical (unpaired) electrons. The van der Waals surface area contributed by atoms with Crippen molar-refractivity contribution in [3.63, 3.8) is 0 Å². The summed E-state index contributed by atoms with van der Waals surface area (Å²) >= 11 is 0. The average Bonchev–Trinajstić information content (AvgIpc) is 3.12. The molecule has 11 heteroatoms.